The van der Waals surface area contributed by atoms with Crippen LogP contribution in [-0.2, 0) is 4.79 Å². The van der Waals surface area contributed by atoms with E-state index < -0.39 is 6.04 Å². The van der Waals surface area contributed by atoms with Gasteiger partial charge in [-0.05, 0) is 43.3 Å². The molecule has 0 saturated heterocycles. The fraction of sp³-hybridized carbons (Fsp3) is 0.263. The predicted octanol–water partition coefficient (Wildman–Crippen LogP) is 3.00. The number of likely N-dealkylation sites (N-methyl/N-ethyl adjacent to an activating group) is 1. The van der Waals surface area contributed by atoms with Crippen molar-refractivity contribution in [1.29, 1.82) is 0 Å². The molecule has 0 saturated carbocycles. The van der Waals surface area contributed by atoms with Gasteiger partial charge in [-0.2, -0.15) is 0 Å². The Morgan fingerprint density at radius 2 is 1.76 bits per heavy atom. The zero-order valence-corrected chi connectivity index (χ0v) is 15.0. The van der Waals surface area contributed by atoms with Crippen molar-refractivity contribution in [2.24, 2.45) is 0 Å². The third-order valence-corrected chi connectivity index (χ3v) is 3.89. The van der Waals surface area contributed by atoms with Gasteiger partial charge in [-0.3, -0.25) is 9.59 Å². The van der Waals surface area contributed by atoms with E-state index in [4.69, 9.17) is 16.3 Å². The number of hydrogen-bond acceptors (Lipinski definition) is 3. The van der Waals surface area contributed by atoms with Gasteiger partial charge in [0.05, 0.1) is 6.54 Å². The lowest BCUT2D eigenvalue weighted by molar-refractivity contribution is -0.131. The Morgan fingerprint density at radius 3 is 2.40 bits per heavy atom. The molecule has 0 aliphatic rings. The van der Waals surface area contributed by atoms with E-state index in [2.05, 4.69) is 5.32 Å². The van der Waals surface area contributed by atoms with Crippen molar-refractivity contribution in [3.05, 3.63) is 65.2 Å². The highest BCUT2D eigenvalue weighted by molar-refractivity contribution is 6.30. The molecule has 0 aliphatic carbocycles. The van der Waals surface area contributed by atoms with Gasteiger partial charge in [0.2, 0.25) is 5.91 Å². The van der Waals surface area contributed by atoms with E-state index in [1.165, 1.54) is 4.90 Å². The second-order valence-electron chi connectivity index (χ2n) is 5.62. The second-order valence-corrected chi connectivity index (χ2v) is 6.06. The van der Waals surface area contributed by atoms with Gasteiger partial charge in [-0.15, -0.1) is 0 Å². The molecule has 0 aliphatic heterocycles. The average molecular weight is 361 g/mol. The highest BCUT2D eigenvalue weighted by Crippen LogP contribution is 2.15. The Morgan fingerprint density at radius 1 is 1.12 bits per heavy atom. The first-order chi connectivity index (χ1) is 12.0. The molecule has 0 fully saturated rings. The summed E-state index contributed by atoms with van der Waals surface area (Å²) in [5.41, 5.74) is 0.524. The third-order valence-electron chi connectivity index (χ3n) is 3.64. The number of nitrogens with zero attached hydrogens (tertiary/aromatic N) is 1. The summed E-state index contributed by atoms with van der Waals surface area (Å²) in [6, 6.07) is 15.2. The number of rotatable bonds is 7. The number of carbonyl (C=O) groups excluding carboxylic acids is 2. The maximum Gasteiger partial charge on any atom is 0.251 e. The largest absolute Gasteiger partial charge is 0.492 e. The molecule has 6 heteroatoms. The fourth-order valence-electron chi connectivity index (χ4n) is 2.20. The summed E-state index contributed by atoms with van der Waals surface area (Å²) >= 11 is 5.82. The van der Waals surface area contributed by atoms with Crippen LogP contribution in [0, 0.1) is 0 Å². The maximum atomic E-state index is 12.3. The van der Waals surface area contributed by atoms with Gasteiger partial charge in [0.1, 0.15) is 18.4 Å². The van der Waals surface area contributed by atoms with Gasteiger partial charge in [-0.1, -0.05) is 29.8 Å². The minimum absolute atomic E-state index is 0.177. The molecule has 0 radical (unpaired) electrons. The van der Waals surface area contributed by atoms with Crippen molar-refractivity contribution >= 4 is 23.4 Å². The van der Waals surface area contributed by atoms with Crippen molar-refractivity contribution in [2.75, 3.05) is 20.2 Å². The predicted molar refractivity (Wildman–Crippen MR) is 98.0 cm³/mol. The topological polar surface area (TPSA) is 58.6 Å². The lowest BCUT2D eigenvalue weighted by Crippen LogP contribution is -2.46. The normalized spacial score (nSPS) is 11.5. The van der Waals surface area contributed by atoms with Crippen molar-refractivity contribution < 1.29 is 14.3 Å². The fourth-order valence-corrected chi connectivity index (χ4v) is 2.33. The molecule has 1 N–H and O–H groups in total. The van der Waals surface area contributed by atoms with Gasteiger partial charge < -0.3 is 15.0 Å². The lowest BCUT2D eigenvalue weighted by atomic mass is 10.2. The number of carbonyl (C=O) groups is 2. The Kier molecular flexibility index (Phi) is 6.83. The minimum Gasteiger partial charge on any atom is -0.492 e. The lowest BCUT2D eigenvalue weighted by Gasteiger charge is -2.22. The smallest absolute Gasteiger partial charge is 0.251 e. The monoisotopic (exact) mass is 360 g/mol. The number of hydrogen-bond donors (Lipinski definition) is 1. The van der Waals surface area contributed by atoms with E-state index in [-0.39, 0.29) is 11.8 Å². The number of nitrogens with one attached hydrogen (secondary N) is 1. The molecule has 2 aromatic rings. The Hall–Kier alpha value is -2.53. The molecular weight excluding hydrogens is 340 g/mol. The molecule has 2 amide bonds. The third kappa shape index (κ3) is 5.80. The molecule has 1 atom stereocenters. The molecule has 1 unspecified atom stereocenters. The van der Waals surface area contributed by atoms with Gasteiger partial charge in [0.25, 0.3) is 5.91 Å². The summed E-state index contributed by atoms with van der Waals surface area (Å²) in [6.07, 6.45) is 0. The standard InChI is InChI=1S/C19H21ClN2O3/c1-14(21-18(23)15-6-4-3-5-7-15)19(24)22(2)12-13-25-17-10-8-16(20)9-11-17/h3-11,14H,12-13H2,1-2H3,(H,21,23). The van der Waals surface area contributed by atoms with Gasteiger partial charge in [-0.25, -0.2) is 0 Å². The average Bonchev–Trinajstić information content (AvgIpc) is 2.63. The van der Waals surface area contributed by atoms with Gasteiger partial charge in [0.15, 0.2) is 0 Å². The molecule has 2 rings (SSSR count). The number of ether oxygens (including phenoxy) is 1. The second kappa shape index (κ2) is 9.08. The van der Waals surface area contributed by atoms with Crippen LogP contribution in [-0.4, -0.2) is 43.0 Å². The number of amides is 2. The van der Waals surface area contributed by atoms with Crippen LogP contribution < -0.4 is 10.1 Å². The van der Waals surface area contributed by atoms with Crippen LogP contribution in [0.1, 0.15) is 17.3 Å². The zero-order valence-electron chi connectivity index (χ0n) is 14.2. The van der Waals surface area contributed by atoms with Crippen LogP contribution in [0.4, 0.5) is 0 Å². The maximum absolute atomic E-state index is 12.3. The van der Waals surface area contributed by atoms with Crippen LogP contribution in [0.5, 0.6) is 5.75 Å². The first kappa shape index (κ1) is 18.8. The molecule has 25 heavy (non-hydrogen) atoms. The van der Waals surface area contributed by atoms with Gasteiger partial charge >= 0.3 is 0 Å². The van der Waals surface area contributed by atoms with E-state index in [1.807, 2.05) is 6.07 Å². The highest BCUT2D eigenvalue weighted by Gasteiger charge is 2.19. The van der Waals surface area contributed by atoms with Crippen LogP contribution in [0.15, 0.2) is 54.6 Å². The SMILES string of the molecule is CC(NC(=O)c1ccccc1)C(=O)N(C)CCOc1ccc(Cl)cc1. The Bertz CT molecular complexity index is 704. The number of benzene rings is 2. The van der Waals surface area contributed by atoms with Crippen molar-refractivity contribution in [1.82, 2.24) is 10.2 Å². The first-order valence-corrected chi connectivity index (χ1v) is 8.34. The van der Waals surface area contributed by atoms with Crippen molar-refractivity contribution in [2.45, 2.75) is 13.0 Å². The van der Waals surface area contributed by atoms with E-state index in [0.717, 1.165) is 0 Å². The molecule has 0 heterocycles. The van der Waals surface area contributed by atoms with Gasteiger partial charge in [0, 0.05) is 17.6 Å². The van der Waals surface area contributed by atoms with Crippen molar-refractivity contribution in [3.63, 3.8) is 0 Å². The molecular formula is C19H21ClN2O3. The summed E-state index contributed by atoms with van der Waals surface area (Å²) < 4.78 is 5.57. The molecule has 0 bridgehead atoms. The van der Waals surface area contributed by atoms with E-state index >= 15 is 0 Å². The number of halogens is 1. The molecule has 0 aromatic heterocycles. The summed E-state index contributed by atoms with van der Waals surface area (Å²) in [5, 5.41) is 3.35. The minimum atomic E-state index is -0.617. The van der Waals surface area contributed by atoms with Crippen molar-refractivity contribution in [3.8, 4) is 5.75 Å². The quantitative estimate of drug-likeness (QED) is 0.825. The summed E-state index contributed by atoms with van der Waals surface area (Å²) in [5.74, 6) is 0.243. The molecule has 2 aromatic carbocycles. The molecule has 0 spiro atoms. The van der Waals surface area contributed by atoms with Crippen LogP contribution >= 0.6 is 11.6 Å². The van der Waals surface area contributed by atoms with Crippen LogP contribution in [0.3, 0.4) is 0 Å². The summed E-state index contributed by atoms with van der Waals surface area (Å²) in [6.45, 7) is 2.43. The first-order valence-electron chi connectivity index (χ1n) is 7.96. The summed E-state index contributed by atoms with van der Waals surface area (Å²) in [7, 11) is 1.68. The Labute approximate surface area is 152 Å². The van der Waals surface area contributed by atoms with Crippen LogP contribution in [0.2, 0.25) is 5.02 Å². The van der Waals surface area contributed by atoms with E-state index in [1.54, 1.807) is 62.5 Å². The van der Waals surface area contributed by atoms with E-state index in [0.29, 0.717) is 29.5 Å². The zero-order chi connectivity index (χ0) is 18.2. The molecule has 132 valence electrons. The molecule has 5 nitrogen and oxygen atoms in total. The summed E-state index contributed by atoms with van der Waals surface area (Å²) in [4.78, 5) is 26.0. The van der Waals surface area contributed by atoms with E-state index in [9.17, 15) is 9.59 Å². The Balaban J connectivity index is 1.78. The highest BCUT2D eigenvalue weighted by atomic mass is 35.5. The van der Waals surface area contributed by atoms with Crippen LogP contribution in [0.25, 0.3) is 0 Å².